The van der Waals surface area contributed by atoms with Crippen molar-refractivity contribution in [2.45, 2.75) is 20.4 Å². The zero-order valence-corrected chi connectivity index (χ0v) is 14.4. The highest BCUT2D eigenvalue weighted by atomic mass is 32.1. The number of aryl methyl sites for hydroxylation is 2. The number of anilines is 1. The molecule has 0 aliphatic heterocycles. The van der Waals surface area contributed by atoms with Crippen LogP contribution in [-0.2, 0) is 11.3 Å². The van der Waals surface area contributed by atoms with Gasteiger partial charge >= 0.3 is 0 Å². The predicted molar refractivity (Wildman–Crippen MR) is 97.4 cm³/mol. The highest BCUT2D eigenvalue weighted by molar-refractivity contribution is 7.71. The second-order valence-corrected chi connectivity index (χ2v) is 6.11. The number of hydrogen-bond acceptors (Lipinski definition) is 3. The van der Waals surface area contributed by atoms with Gasteiger partial charge in [-0.25, -0.2) is 0 Å². The van der Waals surface area contributed by atoms with Gasteiger partial charge in [0, 0.05) is 11.3 Å². The van der Waals surface area contributed by atoms with Crippen LogP contribution in [0.15, 0.2) is 48.5 Å². The molecular weight excluding hydrogens is 320 g/mol. The molecule has 0 fully saturated rings. The lowest BCUT2D eigenvalue weighted by Gasteiger charge is -2.09. The number of benzene rings is 2. The zero-order chi connectivity index (χ0) is 17.1. The van der Waals surface area contributed by atoms with Crippen molar-refractivity contribution >= 4 is 23.8 Å². The second-order valence-electron chi connectivity index (χ2n) is 5.73. The van der Waals surface area contributed by atoms with Crippen LogP contribution >= 0.6 is 12.2 Å². The summed E-state index contributed by atoms with van der Waals surface area (Å²) in [5.74, 6) is 0.509. The first-order valence-electron chi connectivity index (χ1n) is 7.62. The SMILES string of the molecule is Cc1cccc(NC(=O)Cn2c(-c3cccc(C)c3)n[nH]c2=S)c1. The van der Waals surface area contributed by atoms with Crippen LogP contribution in [0.3, 0.4) is 0 Å². The molecule has 0 aliphatic carbocycles. The number of aromatic amines is 1. The Morgan fingerprint density at radius 3 is 2.58 bits per heavy atom. The van der Waals surface area contributed by atoms with E-state index in [1.807, 2.05) is 62.4 Å². The van der Waals surface area contributed by atoms with E-state index in [0.29, 0.717) is 10.6 Å². The number of aromatic nitrogens is 3. The van der Waals surface area contributed by atoms with Crippen molar-refractivity contribution in [1.29, 1.82) is 0 Å². The molecule has 2 aromatic carbocycles. The summed E-state index contributed by atoms with van der Waals surface area (Å²) in [7, 11) is 0. The fourth-order valence-electron chi connectivity index (χ4n) is 2.54. The molecule has 5 nitrogen and oxygen atoms in total. The summed E-state index contributed by atoms with van der Waals surface area (Å²) in [6, 6.07) is 15.6. The van der Waals surface area contributed by atoms with Crippen molar-refractivity contribution in [2.24, 2.45) is 0 Å². The lowest BCUT2D eigenvalue weighted by atomic mass is 10.1. The Bertz CT molecular complexity index is 942. The molecule has 0 saturated heterocycles. The highest BCUT2D eigenvalue weighted by Crippen LogP contribution is 2.19. The van der Waals surface area contributed by atoms with E-state index in [-0.39, 0.29) is 12.5 Å². The van der Waals surface area contributed by atoms with E-state index < -0.39 is 0 Å². The van der Waals surface area contributed by atoms with Gasteiger partial charge in [-0.3, -0.25) is 14.5 Å². The minimum absolute atomic E-state index is 0.104. The first-order chi connectivity index (χ1) is 11.5. The number of rotatable bonds is 4. The Morgan fingerprint density at radius 2 is 1.88 bits per heavy atom. The third-order valence-electron chi connectivity index (χ3n) is 3.64. The summed E-state index contributed by atoms with van der Waals surface area (Å²) in [6.45, 7) is 4.10. The fourth-order valence-corrected chi connectivity index (χ4v) is 2.73. The fraction of sp³-hybridized carbons (Fsp3) is 0.167. The second kappa shape index (κ2) is 6.80. The van der Waals surface area contributed by atoms with Crippen molar-refractivity contribution < 1.29 is 4.79 Å². The third kappa shape index (κ3) is 3.60. The van der Waals surface area contributed by atoms with Crippen LogP contribution in [0.2, 0.25) is 0 Å². The van der Waals surface area contributed by atoms with Gasteiger partial charge in [-0.2, -0.15) is 5.10 Å². The number of nitrogens with one attached hydrogen (secondary N) is 2. The van der Waals surface area contributed by atoms with Gasteiger partial charge in [0.15, 0.2) is 10.6 Å². The lowest BCUT2D eigenvalue weighted by Crippen LogP contribution is -2.19. The number of carbonyl (C=O) groups excluding carboxylic acids is 1. The molecule has 24 heavy (non-hydrogen) atoms. The highest BCUT2D eigenvalue weighted by Gasteiger charge is 2.12. The van der Waals surface area contributed by atoms with Gasteiger partial charge in [0.25, 0.3) is 0 Å². The van der Waals surface area contributed by atoms with Gasteiger partial charge in [0.05, 0.1) is 0 Å². The average Bonchev–Trinajstić information content (AvgIpc) is 2.88. The summed E-state index contributed by atoms with van der Waals surface area (Å²) in [5.41, 5.74) is 3.91. The monoisotopic (exact) mass is 338 g/mol. The zero-order valence-electron chi connectivity index (χ0n) is 13.5. The molecule has 0 bridgehead atoms. The smallest absolute Gasteiger partial charge is 0.244 e. The summed E-state index contributed by atoms with van der Waals surface area (Å²) < 4.78 is 2.13. The van der Waals surface area contributed by atoms with Crippen LogP contribution in [-0.4, -0.2) is 20.7 Å². The molecule has 3 rings (SSSR count). The maximum absolute atomic E-state index is 12.4. The molecule has 2 N–H and O–H groups in total. The molecule has 0 radical (unpaired) electrons. The number of amides is 1. The number of carbonyl (C=O) groups is 1. The Hall–Kier alpha value is -2.73. The minimum Gasteiger partial charge on any atom is -0.325 e. The van der Waals surface area contributed by atoms with Gasteiger partial charge in [-0.05, 0) is 49.8 Å². The maximum Gasteiger partial charge on any atom is 0.244 e. The lowest BCUT2D eigenvalue weighted by molar-refractivity contribution is -0.116. The van der Waals surface area contributed by atoms with E-state index >= 15 is 0 Å². The summed E-state index contributed by atoms with van der Waals surface area (Å²) in [5, 5.41) is 9.93. The van der Waals surface area contributed by atoms with Crippen molar-refractivity contribution in [3.8, 4) is 11.4 Å². The molecule has 0 unspecified atom stereocenters. The van der Waals surface area contributed by atoms with E-state index in [2.05, 4.69) is 15.5 Å². The van der Waals surface area contributed by atoms with E-state index in [4.69, 9.17) is 12.2 Å². The molecule has 0 atom stereocenters. The van der Waals surface area contributed by atoms with Crippen LogP contribution < -0.4 is 5.32 Å². The first kappa shape index (κ1) is 16.1. The van der Waals surface area contributed by atoms with Crippen molar-refractivity contribution in [3.63, 3.8) is 0 Å². The van der Waals surface area contributed by atoms with Gasteiger partial charge in [-0.1, -0.05) is 35.9 Å². The predicted octanol–water partition coefficient (Wildman–Crippen LogP) is 3.86. The Balaban J connectivity index is 1.84. The summed E-state index contributed by atoms with van der Waals surface area (Å²) in [4.78, 5) is 12.4. The van der Waals surface area contributed by atoms with E-state index in [9.17, 15) is 4.79 Å². The van der Waals surface area contributed by atoms with Gasteiger partial charge < -0.3 is 5.32 Å². The molecule has 0 spiro atoms. The molecule has 1 amide bonds. The number of hydrogen-bond donors (Lipinski definition) is 2. The molecule has 1 heterocycles. The largest absolute Gasteiger partial charge is 0.325 e. The van der Waals surface area contributed by atoms with E-state index in [0.717, 1.165) is 22.4 Å². The Morgan fingerprint density at radius 1 is 1.17 bits per heavy atom. The molecule has 6 heteroatoms. The van der Waals surface area contributed by atoms with Crippen LogP contribution in [0, 0.1) is 18.6 Å². The average molecular weight is 338 g/mol. The molecule has 0 aliphatic rings. The standard InChI is InChI=1S/C18H18N4OS/c1-12-5-3-7-14(9-12)17-20-21-18(24)22(17)11-16(23)19-15-8-4-6-13(2)10-15/h3-10H,11H2,1-2H3,(H,19,23)(H,21,24). The van der Waals surface area contributed by atoms with Crippen molar-refractivity contribution in [3.05, 3.63) is 64.4 Å². The summed E-state index contributed by atoms with van der Waals surface area (Å²) >= 11 is 5.27. The van der Waals surface area contributed by atoms with E-state index in [1.165, 1.54) is 0 Å². The van der Waals surface area contributed by atoms with Crippen LogP contribution in [0.1, 0.15) is 11.1 Å². The topological polar surface area (TPSA) is 62.7 Å². The van der Waals surface area contributed by atoms with Crippen molar-refractivity contribution in [2.75, 3.05) is 5.32 Å². The normalized spacial score (nSPS) is 10.6. The first-order valence-corrected chi connectivity index (χ1v) is 8.02. The molecular formula is C18H18N4OS. The quantitative estimate of drug-likeness (QED) is 0.710. The molecule has 1 aromatic heterocycles. The Kier molecular flexibility index (Phi) is 4.57. The van der Waals surface area contributed by atoms with Crippen LogP contribution in [0.4, 0.5) is 5.69 Å². The number of H-pyrrole nitrogens is 1. The van der Waals surface area contributed by atoms with Crippen molar-refractivity contribution in [1.82, 2.24) is 14.8 Å². The minimum atomic E-state index is -0.146. The molecule has 3 aromatic rings. The van der Waals surface area contributed by atoms with E-state index in [1.54, 1.807) is 4.57 Å². The van der Waals surface area contributed by atoms with Gasteiger partial charge in [0.2, 0.25) is 5.91 Å². The maximum atomic E-state index is 12.4. The third-order valence-corrected chi connectivity index (χ3v) is 3.95. The molecule has 0 saturated carbocycles. The van der Waals surface area contributed by atoms with Gasteiger partial charge in [0.1, 0.15) is 6.54 Å². The van der Waals surface area contributed by atoms with Gasteiger partial charge in [-0.15, -0.1) is 0 Å². The van der Waals surface area contributed by atoms with Crippen LogP contribution in [0.5, 0.6) is 0 Å². The molecule has 122 valence electrons. The van der Waals surface area contributed by atoms with Crippen LogP contribution in [0.25, 0.3) is 11.4 Å². The Labute approximate surface area is 145 Å². The summed E-state index contributed by atoms with van der Waals surface area (Å²) in [6.07, 6.45) is 0. The number of nitrogens with zero attached hydrogens (tertiary/aromatic N) is 2.